The molecule has 1 aliphatic heterocycles. The second-order valence-corrected chi connectivity index (χ2v) is 13.4. The molecule has 208 valence electrons. The third kappa shape index (κ3) is 4.58. The molecule has 3 aliphatic rings. The van der Waals surface area contributed by atoms with Crippen LogP contribution in [0.3, 0.4) is 0 Å². The average molecular weight is 553 g/mol. The molecule has 0 saturated heterocycles. The molecule has 6 atom stereocenters. The lowest BCUT2D eigenvalue weighted by atomic mass is 9.56. The lowest BCUT2D eigenvalue weighted by Crippen LogP contribution is -2.52. The zero-order valence-corrected chi connectivity index (χ0v) is 23.3. The van der Waals surface area contributed by atoms with Crippen molar-refractivity contribution in [3.05, 3.63) is 66.4 Å². The van der Waals surface area contributed by atoms with E-state index in [0.29, 0.717) is 17.9 Å². The summed E-state index contributed by atoms with van der Waals surface area (Å²) in [6.07, 6.45) is 8.40. The van der Waals surface area contributed by atoms with Crippen molar-refractivity contribution in [1.82, 2.24) is 14.3 Å². The second-order valence-electron chi connectivity index (χ2n) is 11.7. The Balaban J connectivity index is 1.23. The minimum Gasteiger partial charge on any atom is -0.392 e. The van der Waals surface area contributed by atoms with Crippen LogP contribution in [0.4, 0.5) is 10.1 Å². The molecule has 6 unspecified atom stereocenters. The molecule has 2 heterocycles. The molecule has 1 aromatic heterocycles. The number of hydrogen-bond acceptors (Lipinski definition) is 5. The summed E-state index contributed by atoms with van der Waals surface area (Å²) < 4.78 is 46.6. The Bertz CT molecular complexity index is 1460. The highest BCUT2D eigenvalue weighted by molar-refractivity contribution is 7.89. The van der Waals surface area contributed by atoms with E-state index in [2.05, 4.69) is 21.9 Å². The van der Waals surface area contributed by atoms with Gasteiger partial charge in [-0.05, 0) is 92.5 Å². The molecule has 9 heteroatoms. The third-order valence-electron chi connectivity index (χ3n) is 9.74. The van der Waals surface area contributed by atoms with Gasteiger partial charge < -0.3 is 15.0 Å². The molecular weight excluding hydrogens is 515 g/mol. The summed E-state index contributed by atoms with van der Waals surface area (Å²) in [5.74, 6) is 0.344. The second kappa shape index (κ2) is 10.0. The number of aliphatic hydroxyl groups is 1. The standard InChI is InChI=1S/C30H37FN4O3S/c1-3-30(28(36)14-26-29-23(5-4-6-24(29)31)27-17-33-18-35(26)27)15-19-7-12-25(20(13-19)16-30)34-39(37,38)22-10-8-21(32-2)9-11-22/h4-6,8-11,17-20,25-26,28,32,34,36H,3,7,12-16H2,1-2H3. The van der Waals surface area contributed by atoms with Crippen molar-refractivity contribution in [2.75, 3.05) is 12.4 Å². The van der Waals surface area contributed by atoms with Crippen LogP contribution in [0.1, 0.15) is 63.5 Å². The lowest BCUT2D eigenvalue weighted by Gasteiger charge is -2.52. The fraction of sp³-hybridized carbons (Fsp3) is 0.500. The molecule has 0 radical (unpaired) electrons. The number of nitrogens with one attached hydrogen (secondary N) is 2. The van der Waals surface area contributed by atoms with Crippen LogP contribution in [-0.4, -0.2) is 42.3 Å². The smallest absolute Gasteiger partial charge is 0.240 e. The van der Waals surface area contributed by atoms with Crippen LogP contribution in [-0.2, 0) is 10.0 Å². The topological polar surface area (TPSA) is 96.2 Å². The van der Waals surface area contributed by atoms with Crippen LogP contribution in [0.2, 0.25) is 0 Å². The highest BCUT2D eigenvalue weighted by Gasteiger charge is 2.49. The summed E-state index contributed by atoms with van der Waals surface area (Å²) in [4.78, 5) is 4.56. The number of rotatable bonds is 8. The third-order valence-corrected chi connectivity index (χ3v) is 11.2. The van der Waals surface area contributed by atoms with Crippen LogP contribution < -0.4 is 10.0 Å². The average Bonchev–Trinajstić information content (AvgIpc) is 3.53. The minimum absolute atomic E-state index is 0.148. The van der Waals surface area contributed by atoms with Crippen LogP contribution in [0.5, 0.6) is 0 Å². The Hall–Kier alpha value is -2.75. The molecule has 3 N–H and O–H groups in total. The van der Waals surface area contributed by atoms with Gasteiger partial charge in [0.15, 0.2) is 0 Å². The molecule has 7 nitrogen and oxygen atoms in total. The van der Waals surface area contributed by atoms with Crippen molar-refractivity contribution < 1.29 is 17.9 Å². The van der Waals surface area contributed by atoms with E-state index in [1.807, 2.05) is 10.6 Å². The Kier molecular flexibility index (Phi) is 6.80. The van der Waals surface area contributed by atoms with E-state index < -0.39 is 16.1 Å². The Morgan fingerprint density at radius 1 is 1.18 bits per heavy atom. The largest absolute Gasteiger partial charge is 0.392 e. The molecule has 39 heavy (non-hydrogen) atoms. The number of imidazole rings is 1. The first-order chi connectivity index (χ1) is 18.7. The van der Waals surface area contributed by atoms with Crippen molar-refractivity contribution in [2.24, 2.45) is 17.3 Å². The predicted octanol–water partition coefficient (Wildman–Crippen LogP) is 5.34. The summed E-state index contributed by atoms with van der Waals surface area (Å²) >= 11 is 0. The zero-order valence-electron chi connectivity index (χ0n) is 22.5. The van der Waals surface area contributed by atoms with Gasteiger partial charge in [0.1, 0.15) is 5.82 Å². The molecule has 0 amide bonds. The van der Waals surface area contributed by atoms with Crippen LogP contribution in [0, 0.1) is 23.1 Å². The minimum atomic E-state index is -3.66. The summed E-state index contributed by atoms with van der Waals surface area (Å²) in [5, 5.41) is 14.9. The first-order valence-electron chi connectivity index (χ1n) is 14.0. The van der Waals surface area contributed by atoms with Gasteiger partial charge in [-0.15, -0.1) is 0 Å². The number of nitrogens with zero attached hydrogens (tertiary/aromatic N) is 2. The van der Waals surface area contributed by atoms with Crippen molar-refractivity contribution >= 4 is 15.7 Å². The van der Waals surface area contributed by atoms with Crippen LogP contribution in [0.15, 0.2) is 59.9 Å². The SMILES string of the molecule is CCC1(C(O)CC2c3c(F)cccc3-c3cncn32)CC2CCC(NS(=O)(=O)c3ccc(NC)cc3)C(C2)C1. The van der Waals surface area contributed by atoms with E-state index in [0.717, 1.165) is 55.5 Å². The maximum atomic E-state index is 15.0. The van der Waals surface area contributed by atoms with E-state index in [1.165, 1.54) is 6.07 Å². The number of aromatic nitrogens is 2. The van der Waals surface area contributed by atoms with Gasteiger partial charge in [0.2, 0.25) is 10.0 Å². The molecule has 2 saturated carbocycles. The maximum absolute atomic E-state index is 15.0. The summed E-state index contributed by atoms with van der Waals surface area (Å²) in [6.45, 7) is 2.12. The molecular formula is C30H37FN4O3S. The number of hydrogen-bond donors (Lipinski definition) is 3. The van der Waals surface area contributed by atoms with E-state index in [4.69, 9.17) is 0 Å². The number of benzene rings is 2. The monoisotopic (exact) mass is 552 g/mol. The summed E-state index contributed by atoms with van der Waals surface area (Å²) in [5.41, 5.74) is 2.86. The van der Waals surface area contributed by atoms with Crippen molar-refractivity contribution in [1.29, 1.82) is 0 Å². The lowest BCUT2D eigenvalue weighted by molar-refractivity contribution is -0.0657. The van der Waals surface area contributed by atoms with E-state index in [-0.39, 0.29) is 34.1 Å². The quantitative estimate of drug-likeness (QED) is 0.351. The molecule has 2 fully saturated rings. The normalized spacial score (nSPS) is 28.5. The Morgan fingerprint density at radius 2 is 1.97 bits per heavy atom. The van der Waals surface area contributed by atoms with E-state index in [1.54, 1.807) is 49.9 Å². The van der Waals surface area contributed by atoms with Crippen molar-refractivity contribution in [3.63, 3.8) is 0 Å². The van der Waals surface area contributed by atoms with Gasteiger partial charge in [0, 0.05) is 29.9 Å². The van der Waals surface area contributed by atoms with Crippen molar-refractivity contribution in [3.8, 4) is 11.3 Å². The van der Waals surface area contributed by atoms with E-state index >= 15 is 4.39 Å². The number of anilines is 1. The first kappa shape index (κ1) is 26.5. The summed E-state index contributed by atoms with van der Waals surface area (Å²) in [7, 11) is -1.86. The van der Waals surface area contributed by atoms with Gasteiger partial charge in [0.05, 0.1) is 35.3 Å². The summed E-state index contributed by atoms with van der Waals surface area (Å²) in [6, 6.07) is 11.4. The highest BCUT2D eigenvalue weighted by Crippen LogP contribution is 2.54. The number of sulfonamides is 1. The maximum Gasteiger partial charge on any atom is 0.240 e. The molecule has 2 bridgehead atoms. The Morgan fingerprint density at radius 3 is 2.72 bits per heavy atom. The van der Waals surface area contributed by atoms with Gasteiger partial charge in [0.25, 0.3) is 0 Å². The molecule has 6 rings (SSSR count). The highest BCUT2D eigenvalue weighted by atomic mass is 32.2. The first-order valence-corrected chi connectivity index (χ1v) is 15.5. The Labute approximate surface area is 229 Å². The number of fused-ring (bicyclic) bond motifs is 5. The van der Waals surface area contributed by atoms with Crippen molar-refractivity contribution in [2.45, 2.75) is 75.0 Å². The number of halogens is 1. The number of aliphatic hydroxyl groups excluding tert-OH is 1. The fourth-order valence-corrected chi connectivity index (χ4v) is 9.00. The van der Waals surface area contributed by atoms with Crippen LogP contribution in [0.25, 0.3) is 11.3 Å². The van der Waals surface area contributed by atoms with Gasteiger partial charge >= 0.3 is 0 Å². The van der Waals surface area contributed by atoms with E-state index in [9.17, 15) is 13.5 Å². The molecule has 0 spiro atoms. The molecule has 2 aliphatic carbocycles. The van der Waals surface area contributed by atoms with Crippen LogP contribution >= 0.6 is 0 Å². The zero-order chi connectivity index (χ0) is 27.4. The fourth-order valence-electron chi connectivity index (χ4n) is 7.66. The van der Waals surface area contributed by atoms with Gasteiger partial charge in [-0.3, -0.25) is 0 Å². The molecule has 3 aromatic rings. The van der Waals surface area contributed by atoms with Gasteiger partial charge in [-0.2, -0.15) is 0 Å². The van der Waals surface area contributed by atoms with Gasteiger partial charge in [-0.25, -0.2) is 22.5 Å². The van der Waals surface area contributed by atoms with Gasteiger partial charge in [-0.1, -0.05) is 19.1 Å². The predicted molar refractivity (Wildman–Crippen MR) is 149 cm³/mol. The molecule has 2 aromatic carbocycles.